The van der Waals surface area contributed by atoms with Crippen LogP contribution in [0.2, 0.25) is 0 Å². The van der Waals surface area contributed by atoms with E-state index >= 15 is 0 Å². The van der Waals surface area contributed by atoms with Crippen LogP contribution in [0.25, 0.3) is 0 Å². The van der Waals surface area contributed by atoms with Crippen molar-refractivity contribution in [1.82, 2.24) is 0 Å². The Balaban J connectivity index is 2.13. The van der Waals surface area contributed by atoms with E-state index in [1.54, 1.807) is 6.92 Å². The number of hydrogen-bond acceptors (Lipinski definition) is 3. The van der Waals surface area contributed by atoms with Gasteiger partial charge in [-0.1, -0.05) is 15.9 Å². The summed E-state index contributed by atoms with van der Waals surface area (Å²) in [5, 5.41) is 9.73. The van der Waals surface area contributed by atoms with Crippen molar-refractivity contribution in [2.75, 3.05) is 13.2 Å². The quantitative estimate of drug-likeness (QED) is 0.932. The Morgan fingerprint density at radius 3 is 3.00 bits per heavy atom. The molecular formula is C13H17BrO3. The van der Waals surface area contributed by atoms with Gasteiger partial charge in [-0.3, -0.25) is 0 Å². The first-order valence-electron chi connectivity index (χ1n) is 5.88. The smallest absolute Gasteiger partial charge is 0.125 e. The molecule has 0 radical (unpaired) electrons. The molecule has 1 aromatic carbocycles. The summed E-state index contributed by atoms with van der Waals surface area (Å²) >= 11 is 3.40. The van der Waals surface area contributed by atoms with Gasteiger partial charge in [-0.05, 0) is 38.0 Å². The molecule has 1 aliphatic heterocycles. The number of benzene rings is 1. The lowest BCUT2D eigenvalue weighted by Gasteiger charge is -2.25. The molecule has 1 unspecified atom stereocenters. The largest absolute Gasteiger partial charge is 0.488 e. The van der Waals surface area contributed by atoms with Crippen LogP contribution in [0, 0.1) is 0 Å². The molecular weight excluding hydrogens is 284 g/mol. The third kappa shape index (κ3) is 3.44. The van der Waals surface area contributed by atoms with E-state index in [1.165, 1.54) is 0 Å². The van der Waals surface area contributed by atoms with Crippen molar-refractivity contribution in [1.29, 1.82) is 0 Å². The standard InChI is InChI=1S/C13H17BrO3/c1-9(15)12-7-10(14)4-5-13(12)17-11-3-2-6-16-8-11/h4-5,7,9,11,15H,2-3,6,8H2,1H3/t9-,11?/m1/s1. The van der Waals surface area contributed by atoms with E-state index in [2.05, 4.69) is 15.9 Å². The average Bonchev–Trinajstić information content (AvgIpc) is 2.32. The first-order chi connectivity index (χ1) is 8.16. The van der Waals surface area contributed by atoms with Gasteiger partial charge in [0, 0.05) is 16.6 Å². The van der Waals surface area contributed by atoms with Gasteiger partial charge in [0.1, 0.15) is 11.9 Å². The van der Waals surface area contributed by atoms with Crippen molar-refractivity contribution in [3.05, 3.63) is 28.2 Å². The summed E-state index contributed by atoms with van der Waals surface area (Å²) in [6.07, 6.45) is 1.61. The number of aliphatic hydroxyl groups is 1. The maximum absolute atomic E-state index is 9.73. The second-order valence-electron chi connectivity index (χ2n) is 4.32. The molecule has 1 saturated heterocycles. The molecule has 3 nitrogen and oxygen atoms in total. The van der Waals surface area contributed by atoms with E-state index < -0.39 is 6.10 Å². The normalized spacial score (nSPS) is 22.2. The van der Waals surface area contributed by atoms with Crippen LogP contribution in [0.1, 0.15) is 31.4 Å². The molecule has 0 aromatic heterocycles. The Morgan fingerprint density at radius 2 is 2.35 bits per heavy atom. The molecule has 1 N–H and O–H groups in total. The summed E-state index contributed by atoms with van der Waals surface area (Å²) in [6.45, 7) is 3.20. The van der Waals surface area contributed by atoms with Crippen molar-refractivity contribution >= 4 is 15.9 Å². The highest BCUT2D eigenvalue weighted by molar-refractivity contribution is 9.10. The molecule has 1 aliphatic rings. The summed E-state index contributed by atoms with van der Waals surface area (Å²) in [6, 6.07) is 5.70. The summed E-state index contributed by atoms with van der Waals surface area (Å²) in [5.74, 6) is 0.749. The van der Waals surface area contributed by atoms with Crippen molar-refractivity contribution < 1.29 is 14.6 Å². The summed E-state index contributed by atoms with van der Waals surface area (Å²) in [4.78, 5) is 0. The molecule has 17 heavy (non-hydrogen) atoms. The zero-order valence-electron chi connectivity index (χ0n) is 9.86. The van der Waals surface area contributed by atoms with Crippen molar-refractivity contribution in [2.45, 2.75) is 32.0 Å². The molecule has 0 aliphatic carbocycles. The first-order valence-corrected chi connectivity index (χ1v) is 6.68. The van der Waals surface area contributed by atoms with Gasteiger partial charge in [0.15, 0.2) is 0 Å². The van der Waals surface area contributed by atoms with E-state index in [-0.39, 0.29) is 6.10 Å². The van der Waals surface area contributed by atoms with E-state index in [9.17, 15) is 5.11 Å². The summed E-state index contributed by atoms with van der Waals surface area (Å²) in [5.41, 5.74) is 0.810. The summed E-state index contributed by atoms with van der Waals surface area (Å²) < 4.78 is 12.2. The molecule has 0 amide bonds. The van der Waals surface area contributed by atoms with Crippen LogP contribution < -0.4 is 4.74 Å². The Kier molecular flexibility index (Phi) is 4.42. The Labute approximate surface area is 110 Å². The van der Waals surface area contributed by atoms with E-state index in [0.29, 0.717) is 6.61 Å². The molecule has 4 heteroatoms. The molecule has 94 valence electrons. The molecule has 0 spiro atoms. The third-order valence-electron chi connectivity index (χ3n) is 2.83. The third-order valence-corrected chi connectivity index (χ3v) is 3.33. The second kappa shape index (κ2) is 5.85. The van der Waals surface area contributed by atoms with Crippen LogP contribution in [0.15, 0.2) is 22.7 Å². The maximum Gasteiger partial charge on any atom is 0.125 e. The molecule has 2 rings (SSSR count). The lowest BCUT2D eigenvalue weighted by atomic mass is 10.1. The lowest BCUT2D eigenvalue weighted by Crippen LogP contribution is -2.28. The van der Waals surface area contributed by atoms with E-state index in [4.69, 9.17) is 9.47 Å². The lowest BCUT2D eigenvalue weighted by molar-refractivity contribution is 0.00613. The van der Waals surface area contributed by atoms with Crippen molar-refractivity contribution in [3.63, 3.8) is 0 Å². The maximum atomic E-state index is 9.73. The Morgan fingerprint density at radius 1 is 1.53 bits per heavy atom. The first kappa shape index (κ1) is 12.9. The number of hydrogen-bond donors (Lipinski definition) is 1. The Bertz CT molecular complexity index is 373. The van der Waals surface area contributed by atoms with Gasteiger partial charge in [-0.2, -0.15) is 0 Å². The second-order valence-corrected chi connectivity index (χ2v) is 5.23. The van der Waals surface area contributed by atoms with Crippen LogP contribution in [0.4, 0.5) is 0 Å². The van der Waals surface area contributed by atoms with Crippen LogP contribution in [0.5, 0.6) is 5.75 Å². The van der Waals surface area contributed by atoms with Crippen molar-refractivity contribution in [3.8, 4) is 5.75 Å². The highest BCUT2D eigenvalue weighted by Gasteiger charge is 2.18. The highest BCUT2D eigenvalue weighted by Crippen LogP contribution is 2.30. The van der Waals surface area contributed by atoms with Gasteiger partial charge in [0.2, 0.25) is 0 Å². The van der Waals surface area contributed by atoms with Crippen LogP contribution >= 0.6 is 15.9 Å². The van der Waals surface area contributed by atoms with Gasteiger partial charge in [0.05, 0.1) is 12.7 Å². The van der Waals surface area contributed by atoms with Gasteiger partial charge >= 0.3 is 0 Å². The van der Waals surface area contributed by atoms with Gasteiger partial charge in [0.25, 0.3) is 0 Å². The average molecular weight is 301 g/mol. The molecule has 0 bridgehead atoms. The monoisotopic (exact) mass is 300 g/mol. The van der Waals surface area contributed by atoms with Gasteiger partial charge < -0.3 is 14.6 Å². The van der Waals surface area contributed by atoms with E-state index in [1.807, 2.05) is 18.2 Å². The molecule has 2 atom stereocenters. The number of aliphatic hydroxyl groups excluding tert-OH is 1. The number of rotatable bonds is 3. The van der Waals surface area contributed by atoms with Crippen LogP contribution in [-0.2, 0) is 4.74 Å². The zero-order valence-corrected chi connectivity index (χ0v) is 11.4. The van der Waals surface area contributed by atoms with Crippen LogP contribution in [0.3, 0.4) is 0 Å². The molecule has 1 heterocycles. The number of halogens is 1. The predicted octanol–water partition coefficient (Wildman–Crippen LogP) is 3.06. The molecule has 1 aromatic rings. The minimum Gasteiger partial charge on any atom is -0.488 e. The topological polar surface area (TPSA) is 38.7 Å². The fourth-order valence-corrected chi connectivity index (χ4v) is 2.32. The molecule has 0 saturated carbocycles. The van der Waals surface area contributed by atoms with Gasteiger partial charge in [-0.15, -0.1) is 0 Å². The molecule has 1 fully saturated rings. The van der Waals surface area contributed by atoms with Crippen LogP contribution in [-0.4, -0.2) is 24.4 Å². The van der Waals surface area contributed by atoms with E-state index in [0.717, 1.165) is 35.2 Å². The minimum absolute atomic E-state index is 0.0995. The SMILES string of the molecule is C[C@@H](O)c1cc(Br)ccc1OC1CCCOC1. The number of ether oxygens (including phenoxy) is 2. The Hall–Kier alpha value is -0.580. The fraction of sp³-hybridized carbons (Fsp3) is 0.538. The minimum atomic E-state index is -0.535. The van der Waals surface area contributed by atoms with Gasteiger partial charge in [-0.25, -0.2) is 0 Å². The fourth-order valence-electron chi connectivity index (χ4n) is 1.94. The summed E-state index contributed by atoms with van der Waals surface area (Å²) in [7, 11) is 0. The predicted molar refractivity (Wildman–Crippen MR) is 69.2 cm³/mol. The van der Waals surface area contributed by atoms with Crippen molar-refractivity contribution in [2.24, 2.45) is 0 Å². The highest BCUT2D eigenvalue weighted by atomic mass is 79.9. The zero-order chi connectivity index (χ0) is 12.3.